The van der Waals surface area contributed by atoms with Crippen molar-refractivity contribution in [3.63, 3.8) is 0 Å². The van der Waals surface area contributed by atoms with Crippen LogP contribution in [0.25, 0.3) is 0 Å². The van der Waals surface area contributed by atoms with Gasteiger partial charge in [-0.25, -0.2) is 25.9 Å². The fourth-order valence-electron chi connectivity index (χ4n) is 2.50. The summed E-state index contributed by atoms with van der Waals surface area (Å²) in [6.07, 6.45) is -0.960. The van der Waals surface area contributed by atoms with E-state index in [9.17, 15) is 21.6 Å². The van der Waals surface area contributed by atoms with Crippen molar-refractivity contribution in [2.45, 2.75) is 24.5 Å². The first-order valence-corrected chi connectivity index (χ1v) is 11.1. The van der Waals surface area contributed by atoms with Gasteiger partial charge in [-0.3, -0.25) is 4.79 Å². The molecule has 0 unspecified atom stereocenters. The molecule has 27 heavy (non-hydrogen) atoms. The zero-order chi connectivity index (χ0) is 20.2. The van der Waals surface area contributed by atoms with Crippen LogP contribution in [0, 0.1) is 0 Å². The van der Waals surface area contributed by atoms with Gasteiger partial charge in [0.15, 0.2) is 6.29 Å². The van der Waals surface area contributed by atoms with Gasteiger partial charge in [-0.2, -0.15) is 0 Å². The Labute approximate surface area is 158 Å². The predicted octanol–water partition coefficient (Wildman–Crippen LogP) is 0.0490. The van der Waals surface area contributed by atoms with Crippen LogP contribution in [-0.4, -0.2) is 62.2 Å². The summed E-state index contributed by atoms with van der Waals surface area (Å²) in [4.78, 5) is 11.7. The van der Waals surface area contributed by atoms with Crippen molar-refractivity contribution in [2.75, 3.05) is 37.4 Å². The lowest BCUT2D eigenvalue weighted by Crippen LogP contribution is -2.34. The van der Waals surface area contributed by atoms with Crippen LogP contribution in [0.5, 0.6) is 5.75 Å². The Kier molecular flexibility index (Phi) is 6.81. The molecular weight excluding hydrogens is 400 g/mol. The minimum atomic E-state index is -4.10. The minimum absolute atomic E-state index is 0.0316. The molecule has 1 fully saturated rings. The van der Waals surface area contributed by atoms with E-state index in [1.54, 1.807) is 6.92 Å². The van der Waals surface area contributed by atoms with Crippen LogP contribution in [0.15, 0.2) is 23.1 Å². The minimum Gasteiger partial charge on any atom is -0.492 e. The quantitative estimate of drug-likeness (QED) is 0.553. The maximum Gasteiger partial charge on any atom is 0.244 e. The summed E-state index contributed by atoms with van der Waals surface area (Å²) >= 11 is 0. The highest BCUT2D eigenvalue weighted by Crippen LogP contribution is 2.32. The van der Waals surface area contributed by atoms with E-state index in [0.29, 0.717) is 4.31 Å². The Morgan fingerprint density at radius 3 is 2.44 bits per heavy atom. The third-order valence-corrected chi connectivity index (χ3v) is 6.93. The summed E-state index contributed by atoms with van der Waals surface area (Å²) in [6.45, 7) is 1.70. The van der Waals surface area contributed by atoms with Crippen molar-refractivity contribution in [1.82, 2.24) is 4.72 Å². The number of hydrogen-bond donors (Lipinski definition) is 1. The maximum atomic E-state index is 12.7. The lowest BCUT2D eigenvalue weighted by molar-refractivity contribution is -0.116. The first kappa shape index (κ1) is 21.6. The van der Waals surface area contributed by atoms with Gasteiger partial charge in [0.25, 0.3) is 0 Å². The average molecular weight is 422 g/mol. The van der Waals surface area contributed by atoms with E-state index in [1.807, 2.05) is 0 Å². The van der Waals surface area contributed by atoms with Crippen molar-refractivity contribution in [3.05, 3.63) is 18.2 Å². The van der Waals surface area contributed by atoms with Crippen molar-refractivity contribution in [2.24, 2.45) is 0 Å². The van der Waals surface area contributed by atoms with E-state index in [4.69, 9.17) is 14.2 Å². The number of ether oxygens (including phenoxy) is 3. The molecule has 0 aliphatic carbocycles. The van der Waals surface area contributed by atoms with Crippen LogP contribution in [-0.2, 0) is 34.3 Å². The molecule has 0 bridgehead atoms. The molecule has 1 aromatic rings. The Morgan fingerprint density at radius 1 is 1.26 bits per heavy atom. The Morgan fingerprint density at radius 2 is 1.93 bits per heavy atom. The Bertz CT molecular complexity index is 894. The molecule has 0 atom stereocenters. The molecule has 152 valence electrons. The molecule has 1 aromatic carbocycles. The molecule has 12 heteroatoms. The molecule has 0 spiro atoms. The second-order valence-corrected chi connectivity index (χ2v) is 9.21. The van der Waals surface area contributed by atoms with Crippen LogP contribution in [0.4, 0.5) is 5.69 Å². The van der Waals surface area contributed by atoms with Crippen LogP contribution >= 0.6 is 0 Å². The highest BCUT2D eigenvalue weighted by molar-refractivity contribution is 7.94. The molecule has 2 rings (SSSR count). The van der Waals surface area contributed by atoms with E-state index in [1.165, 1.54) is 26.4 Å². The number of nitrogens with one attached hydrogen (secondary N) is 1. The molecule has 1 saturated heterocycles. The maximum absolute atomic E-state index is 12.7. The van der Waals surface area contributed by atoms with Gasteiger partial charge in [0.2, 0.25) is 26.0 Å². The Hall–Kier alpha value is -1.73. The van der Waals surface area contributed by atoms with Gasteiger partial charge >= 0.3 is 0 Å². The Balaban J connectivity index is 2.45. The van der Waals surface area contributed by atoms with Gasteiger partial charge in [0.05, 0.1) is 24.6 Å². The third kappa shape index (κ3) is 4.76. The molecule has 0 radical (unpaired) electrons. The second-order valence-electron chi connectivity index (χ2n) is 5.54. The van der Waals surface area contributed by atoms with Crippen molar-refractivity contribution < 1.29 is 35.8 Å². The highest BCUT2D eigenvalue weighted by Gasteiger charge is 2.37. The highest BCUT2D eigenvalue weighted by atomic mass is 32.2. The summed E-state index contributed by atoms with van der Waals surface area (Å²) in [6, 6.07) is 3.75. The zero-order valence-electron chi connectivity index (χ0n) is 15.2. The monoisotopic (exact) mass is 422 g/mol. The normalized spacial score (nSPS) is 16.9. The topological polar surface area (TPSA) is 128 Å². The van der Waals surface area contributed by atoms with E-state index in [2.05, 4.69) is 4.72 Å². The number of sulfonamides is 2. The number of rotatable bonds is 9. The van der Waals surface area contributed by atoms with Gasteiger partial charge < -0.3 is 14.2 Å². The number of carbonyl (C=O) groups is 1. The smallest absolute Gasteiger partial charge is 0.244 e. The number of carbonyl (C=O) groups excluding carboxylic acids is 1. The number of benzene rings is 1. The van der Waals surface area contributed by atoms with Crippen molar-refractivity contribution in [1.29, 1.82) is 0 Å². The van der Waals surface area contributed by atoms with Gasteiger partial charge in [0, 0.05) is 20.6 Å². The van der Waals surface area contributed by atoms with E-state index < -0.39 is 32.2 Å². The average Bonchev–Trinajstić information content (AvgIpc) is 2.89. The third-order valence-electron chi connectivity index (χ3n) is 3.80. The van der Waals surface area contributed by atoms with Crippen molar-refractivity contribution in [3.8, 4) is 5.75 Å². The predicted molar refractivity (Wildman–Crippen MR) is 96.5 cm³/mol. The molecule has 1 amide bonds. The van der Waals surface area contributed by atoms with Crippen LogP contribution in [0.3, 0.4) is 0 Å². The fraction of sp³-hybridized carbons (Fsp3) is 0.533. The first-order chi connectivity index (χ1) is 12.7. The number of amides is 1. The summed E-state index contributed by atoms with van der Waals surface area (Å²) in [5.74, 6) is -0.901. The molecule has 0 aromatic heterocycles. The number of nitrogens with zero attached hydrogens (tertiary/aromatic N) is 1. The van der Waals surface area contributed by atoms with Gasteiger partial charge in [-0.1, -0.05) is 0 Å². The second kappa shape index (κ2) is 8.52. The molecule has 1 aliphatic heterocycles. The first-order valence-electron chi connectivity index (χ1n) is 8.04. The van der Waals surface area contributed by atoms with E-state index in [0.717, 1.165) is 6.07 Å². The molecule has 10 nitrogen and oxygen atoms in total. The van der Waals surface area contributed by atoms with E-state index >= 15 is 0 Å². The summed E-state index contributed by atoms with van der Waals surface area (Å²) in [5.41, 5.74) is -0.0589. The molecular formula is C15H22N2O8S2. The fourth-order valence-corrected chi connectivity index (χ4v) is 5.13. The SMILES string of the molecule is CCOc1ccc(N2C(=O)CCS2(=O)=O)cc1S(=O)(=O)NCC(OC)OC. The van der Waals surface area contributed by atoms with Crippen LogP contribution in [0.1, 0.15) is 13.3 Å². The van der Waals surface area contributed by atoms with Crippen LogP contribution in [0.2, 0.25) is 0 Å². The standard InChI is InChI=1S/C15H22N2O8S2/c1-4-25-12-6-5-11(17-14(18)7-8-26(17,19)20)9-13(12)27(21,22)16-10-15(23-2)24-3/h5-6,9,15-16H,4,7-8,10H2,1-3H3. The van der Waals surface area contributed by atoms with Gasteiger partial charge in [0.1, 0.15) is 10.6 Å². The lowest BCUT2D eigenvalue weighted by Gasteiger charge is -2.19. The molecule has 1 aliphatic rings. The summed E-state index contributed by atoms with van der Waals surface area (Å²) < 4.78 is 67.8. The van der Waals surface area contributed by atoms with Crippen molar-refractivity contribution >= 4 is 31.6 Å². The van der Waals surface area contributed by atoms with Crippen LogP contribution < -0.4 is 13.8 Å². The number of methoxy groups -OCH3 is 2. The molecule has 1 N–H and O–H groups in total. The largest absolute Gasteiger partial charge is 0.492 e. The summed E-state index contributed by atoms with van der Waals surface area (Å²) in [5, 5.41) is 0. The van der Waals surface area contributed by atoms with Gasteiger partial charge in [-0.15, -0.1) is 0 Å². The number of hydrogen-bond acceptors (Lipinski definition) is 8. The number of anilines is 1. The lowest BCUT2D eigenvalue weighted by atomic mass is 10.3. The molecule has 0 saturated carbocycles. The van der Waals surface area contributed by atoms with E-state index in [-0.39, 0.29) is 41.7 Å². The zero-order valence-corrected chi connectivity index (χ0v) is 16.8. The van der Waals surface area contributed by atoms with Gasteiger partial charge in [-0.05, 0) is 25.1 Å². The molecule has 1 heterocycles. The summed E-state index contributed by atoms with van der Waals surface area (Å²) in [7, 11) is -5.21.